The van der Waals surface area contributed by atoms with Crippen LogP contribution in [0.5, 0.6) is 0 Å². The first kappa shape index (κ1) is 6.68. The maximum atomic E-state index is 10.1. The van der Waals surface area contributed by atoms with Crippen molar-refractivity contribution in [1.29, 1.82) is 0 Å². The summed E-state index contributed by atoms with van der Waals surface area (Å²) in [6.07, 6.45) is 1.12. The number of hydrogen-bond acceptors (Lipinski definition) is 2. The third-order valence-corrected chi connectivity index (χ3v) is 1.74. The molecule has 2 nitrogen and oxygen atoms in total. The Morgan fingerprint density at radius 3 is 2.67 bits per heavy atom. The van der Waals surface area contributed by atoms with Gasteiger partial charge in [0.2, 0.25) is 0 Å². The Labute approximate surface area is 59.0 Å². The van der Waals surface area contributed by atoms with Crippen LogP contribution >= 0.6 is 12.6 Å². The van der Waals surface area contributed by atoms with Gasteiger partial charge >= 0.3 is 5.97 Å². The minimum absolute atomic E-state index is 0.218. The number of thiol groups is 1. The monoisotopic (exact) mass is 144 g/mol. The van der Waals surface area contributed by atoms with Gasteiger partial charge in [-0.2, -0.15) is 12.6 Å². The van der Waals surface area contributed by atoms with E-state index in [1.807, 2.05) is 0 Å². The Kier molecular flexibility index (Phi) is 1.81. The Bertz CT molecular complexity index is 172. The van der Waals surface area contributed by atoms with Gasteiger partial charge in [-0.15, -0.1) is 0 Å². The van der Waals surface area contributed by atoms with Crippen LogP contribution in [-0.2, 0) is 4.79 Å². The van der Waals surface area contributed by atoms with E-state index in [4.69, 9.17) is 5.11 Å². The first-order chi connectivity index (χ1) is 4.24. The van der Waals surface area contributed by atoms with Gasteiger partial charge in [-0.3, -0.25) is 4.79 Å². The highest BCUT2D eigenvalue weighted by molar-refractivity contribution is 7.80. The van der Waals surface area contributed by atoms with Crippen LogP contribution in [0, 0.1) is 0 Å². The zero-order chi connectivity index (χ0) is 6.85. The first-order valence-corrected chi connectivity index (χ1v) is 3.39. The molecule has 1 N–H and O–H groups in total. The Morgan fingerprint density at radius 1 is 1.67 bits per heavy atom. The number of carboxylic acids is 1. The van der Waals surface area contributed by atoms with Gasteiger partial charge in [-0.25, -0.2) is 0 Å². The fraction of sp³-hybridized carbons (Fsp3) is 0.500. The molecular weight excluding hydrogens is 136 g/mol. The van der Waals surface area contributed by atoms with Crippen molar-refractivity contribution in [3.8, 4) is 0 Å². The van der Waals surface area contributed by atoms with Crippen LogP contribution in [0.4, 0.5) is 0 Å². The van der Waals surface area contributed by atoms with E-state index in [9.17, 15) is 4.79 Å². The Hall–Kier alpha value is -0.440. The summed E-state index contributed by atoms with van der Waals surface area (Å²) in [6, 6.07) is 0. The average Bonchev–Trinajstić information content (AvgIpc) is 2.45. The molecule has 0 fully saturated rings. The van der Waals surface area contributed by atoms with Crippen LogP contribution in [0.25, 0.3) is 0 Å². The number of rotatable bonds is 3. The molecule has 0 atom stereocenters. The molecule has 50 valence electrons. The summed E-state index contributed by atoms with van der Waals surface area (Å²) in [6.45, 7) is 0. The zero-order valence-electron chi connectivity index (χ0n) is 4.92. The summed E-state index contributed by atoms with van der Waals surface area (Å²) < 4.78 is 0. The van der Waals surface area contributed by atoms with Crippen molar-refractivity contribution in [2.45, 2.75) is 12.8 Å². The van der Waals surface area contributed by atoms with Crippen LogP contribution in [0.2, 0.25) is 0 Å². The topological polar surface area (TPSA) is 37.3 Å². The van der Waals surface area contributed by atoms with Crippen LogP contribution in [-0.4, -0.2) is 16.8 Å². The van der Waals surface area contributed by atoms with Crippen molar-refractivity contribution >= 4 is 18.6 Å². The Morgan fingerprint density at radius 2 is 2.33 bits per heavy atom. The van der Waals surface area contributed by atoms with E-state index >= 15 is 0 Å². The summed E-state index contributed by atoms with van der Waals surface area (Å²) in [5, 5.41) is 8.28. The molecule has 0 aliphatic heterocycles. The van der Waals surface area contributed by atoms with Crippen molar-refractivity contribution in [1.82, 2.24) is 0 Å². The molecule has 1 rings (SSSR count). The van der Waals surface area contributed by atoms with E-state index in [1.54, 1.807) is 0 Å². The van der Waals surface area contributed by atoms with Gasteiger partial charge < -0.3 is 5.11 Å². The summed E-state index contributed by atoms with van der Waals surface area (Å²) in [5.74, 6) is -0.00965. The van der Waals surface area contributed by atoms with Crippen molar-refractivity contribution in [3.05, 3.63) is 11.1 Å². The summed E-state index contributed by atoms with van der Waals surface area (Å²) >= 11 is 4.01. The molecule has 9 heavy (non-hydrogen) atoms. The molecule has 1 aliphatic carbocycles. The molecule has 0 spiro atoms. The van der Waals surface area contributed by atoms with E-state index in [2.05, 4.69) is 12.6 Å². The van der Waals surface area contributed by atoms with Crippen molar-refractivity contribution in [3.63, 3.8) is 0 Å². The van der Waals surface area contributed by atoms with Gasteiger partial charge in [0, 0.05) is 5.75 Å². The SMILES string of the molecule is O=C(O)CC1=C(CS)C1. The normalized spacial score (nSPS) is 16.1. The largest absolute Gasteiger partial charge is 0.481 e. The predicted octanol–water partition coefficient (Wildman–Crippen LogP) is 1.09. The zero-order valence-corrected chi connectivity index (χ0v) is 5.82. The van der Waals surface area contributed by atoms with Crippen LogP contribution < -0.4 is 0 Å². The Balaban J connectivity index is 2.32. The lowest BCUT2D eigenvalue weighted by atomic mass is 10.3. The molecule has 0 saturated heterocycles. The maximum absolute atomic E-state index is 10.1. The van der Waals surface area contributed by atoms with Gasteiger partial charge in [0.25, 0.3) is 0 Å². The number of carboxylic acid groups (broad SMARTS) is 1. The van der Waals surface area contributed by atoms with Crippen LogP contribution in [0.1, 0.15) is 12.8 Å². The second-order valence-electron chi connectivity index (χ2n) is 2.11. The molecular formula is C6H8O2S. The molecule has 0 amide bonds. The van der Waals surface area contributed by atoms with Crippen LogP contribution in [0.3, 0.4) is 0 Å². The number of carbonyl (C=O) groups is 1. The van der Waals surface area contributed by atoms with E-state index in [-0.39, 0.29) is 6.42 Å². The molecule has 0 radical (unpaired) electrons. The van der Waals surface area contributed by atoms with Crippen molar-refractivity contribution < 1.29 is 9.90 Å². The fourth-order valence-corrected chi connectivity index (χ4v) is 1.09. The molecule has 1 aliphatic rings. The lowest BCUT2D eigenvalue weighted by Gasteiger charge is -1.80. The highest BCUT2D eigenvalue weighted by Gasteiger charge is 2.21. The summed E-state index contributed by atoms with van der Waals surface area (Å²) in [7, 11) is 0. The molecule has 0 unspecified atom stereocenters. The second-order valence-corrected chi connectivity index (χ2v) is 2.43. The van der Waals surface area contributed by atoms with Crippen molar-refractivity contribution in [2.24, 2.45) is 0 Å². The molecule has 0 bridgehead atoms. The molecule has 3 heteroatoms. The standard InChI is InChI=1S/C6H8O2S/c7-6(8)2-4-1-5(4)3-9/h9H,1-3H2,(H,7,8). The van der Waals surface area contributed by atoms with Crippen LogP contribution in [0.15, 0.2) is 11.1 Å². The maximum Gasteiger partial charge on any atom is 0.307 e. The highest BCUT2D eigenvalue weighted by atomic mass is 32.1. The molecule has 0 aromatic heterocycles. The van der Waals surface area contributed by atoms with Gasteiger partial charge in [-0.05, 0) is 6.42 Å². The summed E-state index contributed by atoms with van der Waals surface area (Å²) in [4.78, 5) is 10.1. The fourth-order valence-electron chi connectivity index (χ4n) is 0.751. The number of hydrogen-bond donors (Lipinski definition) is 2. The molecule has 0 aromatic carbocycles. The minimum Gasteiger partial charge on any atom is -0.481 e. The van der Waals surface area contributed by atoms with E-state index in [1.165, 1.54) is 5.57 Å². The van der Waals surface area contributed by atoms with E-state index in [0.29, 0.717) is 0 Å². The second kappa shape index (κ2) is 2.43. The number of aliphatic carboxylic acids is 1. The van der Waals surface area contributed by atoms with Gasteiger partial charge in [-0.1, -0.05) is 11.1 Å². The smallest absolute Gasteiger partial charge is 0.307 e. The van der Waals surface area contributed by atoms with Crippen molar-refractivity contribution in [2.75, 3.05) is 5.75 Å². The lowest BCUT2D eigenvalue weighted by Crippen LogP contribution is -1.90. The lowest BCUT2D eigenvalue weighted by molar-refractivity contribution is -0.136. The van der Waals surface area contributed by atoms with E-state index < -0.39 is 5.97 Å². The third kappa shape index (κ3) is 1.75. The molecule has 0 aromatic rings. The molecule has 0 heterocycles. The summed E-state index contributed by atoms with van der Waals surface area (Å²) in [5.41, 5.74) is 2.28. The third-order valence-electron chi connectivity index (χ3n) is 1.36. The average molecular weight is 144 g/mol. The highest BCUT2D eigenvalue weighted by Crippen LogP contribution is 2.33. The van der Waals surface area contributed by atoms with Gasteiger partial charge in [0.05, 0.1) is 6.42 Å². The van der Waals surface area contributed by atoms with E-state index in [0.717, 1.165) is 17.7 Å². The molecule has 0 saturated carbocycles. The minimum atomic E-state index is -0.734. The quantitative estimate of drug-likeness (QED) is 0.459. The first-order valence-electron chi connectivity index (χ1n) is 2.76. The predicted molar refractivity (Wildman–Crippen MR) is 37.7 cm³/mol. The van der Waals surface area contributed by atoms with Gasteiger partial charge in [0.15, 0.2) is 0 Å². The van der Waals surface area contributed by atoms with Gasteiger partial charge in [0.1, 0.15) is 0 Å².